The number of rotatable bonds is 3. The minimum atomic E-state index is -0.165. The number of piperidine rings is 1. The molecule has 1 fully saturated rings. The number of hydrogen-bond acceptors (Lipinski definition) is 3. The molecule has 1 aliphatic heterocycles. The van der Waals surface area contributed by atoms with Crippen molar-refractivity contribution in [1.82, 2.24) is 5.32 Å². The summed E-state index contributed by atoms with van der Waals surface area (Å²) in [6.45, 7) is 4.72. The van der Waals surface area contributed by atoms with E-state index in [0.29, 0.717) is 5.92 Å². The molecular weight excluding hydrogens is 248 g/mol. The number of nitrogens with zero attached hydrogens (tertiary/aromatic N) is 1. The third-order valence-electron chi connectivity index (χ3n) is 3.61. The fraction of sp³-hybridized carbons (Fsp3) is 0.571. The van der Waals surface area contributed by atoms with Gasteiger partial charge in [-0.3, -0.25) is 0 Å². The first-order chi connectivity index (χ1) is 8.61. The highest BCUT2D eigenvalue weighted by molar-refractivity contribution is 6.30. The highest BCUT2D eigenvalue weighted by Crippen LogP contribution is 2.28. The third-order valence-corrected chi connectivity index (χ3v) is 3.84. The summed E-state index contributed by atoms with van der Waals surface area (Å²) in [7, 11) is 1.94. The summed E-state index contributed by atoms with van der Waals surface area (Å²) < 4.78 is 0. The summed E-state index contributed by atoms with van der Waals surface area (Å²) in [6, 6.07) is 6.04. The van der Waals surface area contributed by atoms with Crippen molar-refractivity contribution in [3.8, 4) is 0 Å². The van der Waals surface area contributed by atoms with Crippen LogP contribution in [0, 0.1) is 5.92 Å². The zero-order chi connectivity index (χ0) is 13.1. The molecular formula is C14H21ClN2O. The molecule has 1 saturated heterocycles. The van der Waals surface area contributed by atoms with E-state index < -0.39 is 0 Å². The van der Waals surface area contributed by atoms with Gasteiger partial charge in [0, 0.05) is 30.3 Å². The lowest BCUT2D eigenvalue weighted by Crippen LogP contribution is -2.42. The van der Waals surface area contributed by atoms with Gasteiger partial charge >= 0.3 is 0 Å². The molecule has 3 nitrogen and oxygen atoms in total. The van der Waals surface area contributed by atoms with Crippen LogP contribution in [0.3, 0.4) is 0 Å². The quantitative estimate of drug-likeness (QED) is 0.883. The Morgan fingerprint density at radius 1 is 1.50 bits per heavy atom. The Kier molecular flexibility index (Phi) is 4.49. The van der Waals surface area contributed by atoms with Gasteiger partial charge in [-0.2, -0.15) is 0 Å². The Bertz CT molecular complexity index is 411. The fourth-order valence-electron chi connectivity index (χ4n) is 2.55. The van der Waals surface area contributed by atoms with E-state index in [0.717, 1.165) is 31.1 Å². The Labute approximate surface area is 114 Å². The molecule has 0 bridgehead atoms. The van der Waals surface area contributed by atoms with Gasteiger partial charge in [-0.1, -0.05) is 18.5 Å². The van der Waals surface area contributed by atoms with Crippen molar-refractivity contribution in [2.45, 2.75) is 26.0 Å². The predicted molar refractivity (Wildman–Crippen MR) is 76.2 cm³/mol. The van der Waals surface area contributed by atoms with Crippen LogP contribution in [-0.4, -0.2) is 31.3 Å². The number of hydrogen-bond donors (Lipinski definition) is 2. The SMILES string of the molecule is CNCc1cc(Cl)ccc1N1CCC(O)C(C)C1. The van der Waals surface area contributed by atoms with Gasteiger partial charge in [-0.15, -0.1) is 0 Å². The van der Waals surface area contributed by atoms with Gasteiger partial charge in [0.25, 0.3) is 0 Å². The Morgan fingerprint density at radius 2 is 2.28 bits per heavy atom. The molecule has 100 valence electrons. The zero-order valence-corrected chi connectivity index (χ0v) is 11.7. The van der Waals surface area contributed by atoms with E-state index in [1.165, 1.54) is 11.3 Å². The van der Waals surface area contributed by atoms with Gasteiger partial charge in [0.2, 0.25) is 0 Å². The Morgan fingerprint density at radius 3 is 2.94 bits per heavy atom. The van der Waals surface area contributed by atoms with Crippen LogP contribution in [0.2, 0.25) is 5.02 Å². The van der Waals surface area contributed by atoms with Crippen LogP contribution in [0.5, 0.6) is 0 Å². The molecule has 2 atom stereocenters. The van der Waals surface area contributed by atoms with Crippen LogP contribution in [0.1, 0.15) is 18.9 Å². The van der Waals surface area contributed by atoms with Gasteiger partial charge in [-0.25, -0.2) is 0 Å². The average Bonchev–Trinajstić information content (AvgIpc) is 2.34. The maximum Gasteiger partial charge on any atom is 0.0599 e. The van der Waals surface area contributed by atoms with Crippen LogP contribution in [-0.2, 0) is 6.54 Å². The third kappa shape index (κ3) is 2.97. The molecule has 2 rings (SSSR count). The van der Waals surface area contributed by atoms with E-state index in [4.69, 9.17) is 11.6 Å². The normalized spacial score (nSPS) is 24.3. The molecule has 0 saturated carbocycles. The summed E-state index contributed by atoms with van der Waals surface area (Å²) in [5.74, 6) is 0.317. The summed E-state index contributed by atoms with van der Waals surface area (Å²) in [6.07, 6.45) is 0.671. The van der Waals surface area contributed by atoms with Gasteiger partial charge in [-0.05, 0) is 43.1 Å². The van der Waals surface area contributed by atoms with Gasteiger partial charge in [0.05, 0.1) is 6.10 Å². The molecule has 18 heavy (non-hydrogen) atoms. The van der Waals surface area contributed by atoms with E-state index in [1.54, 1.807) is 0 Å². The molecule has 0 amide bonds. The van der Waals surface area contributed by atoms with Crippen molar-refractivity contribution in [1.29, 1.82) is 0 Å². The van der Waals surface area contributed by atoms with Crippen LogP contribution < -0.4 is 10.2 Å². The molecule has 4 heteroatoms. The topological polar surface area (TPSA) is 35.5 Å². The zero-order valence-electron chi connectivity index (χ0n) is 11.0. The fourth-order valence-corrected chi connectivity index (χ4v) is 2.74. The monoisotopic (exact) mass is 268 g/mol. The van der Waals surface area contributed by atoms with Gasteiger partial charge in [0.15, 0.2) is 0 Å². The van der Waals surface area contributed by atoms with Gasteiger partial charge < -0.3 is 15.3 Å². The summed E-state index contributed by atoms with van der Waals surface area (Å²) in [5.41, 5.74) is 2.45. The molecule has 0 aliphatic carbocycles. The van der Waals surface area contributed by atoms with Crippen molar-refractivity contribution < 1.29 is 5.11 Å². The maximum absolute atomic E-state index is 9.80. The van der Waals surface area contributed by atoms with Crippen molar-refractivity contribution in [2.75, 3.05) is 25.0 Å². The van der Waals surface area contributed by atoms with E-state index in [9.17, 15) is 5.11 Å². The predicted octanol–water partition coefficient (Wildman–Crippen LogP) is 2.27. The summed E-state index contributed by atoms with van der Waals surface area (Å²) >= 11 is 6.06. The van der Waals surface area contributed by atoms with Crippen molar-refractivity contribution in [3.05, 3.63) is 28.8 Å². The smallest absolute Gasteiger partial charge is 0.0599 e. The highest BCUT2D eigenvalue weighted by Gasteiger charge is 2.25. The molecule has 0 aromatic heterocycles. The Hall–Kier alpha value is -0.770. The largest absolute Gasteiger partial charge is 0.393 e. The van der Waals surface area contributed by atoms with Crippen LogP contribution in [0.25, 0.3) is 0 Å². The van der Waals surface area contributed by atoms with Crippen LogP contribution in [0.15, 0.2) is 18.2 Å². The minimum absolute atomic E-state index is 0.165. The molecule has 1 aliphatic rings. The van der Waals surface area contributed by atoms with Crippen LogP contribution >= 0.6 is 11.6 Å². The number of nitrogens with one attached hydrogen (secondary N) is 1. The molecule has 0 spiro atoms. The first-order valence-corrected chi connectivity index (χ1v) is 6.85. The molecule has 1 aromatic rings. The second kappa shape index (κ2) is 5.91. The van der Waals surface area contributed by atoms with Crippen LogP contribution in [0.4, 0.5) is 5.69 Å². The standard InChI is InChI=1S/C14H21ClN2O/c1-10-9-17(6-5-14(10)18)13-4-3-12(15)7-11(13)8-16-2/h3-4,7,10,14,16,18H,5-6,8-9H2,1-2H3. The number of benzene rings is 1. The number of halogens is 1. The highest BCUT2D eigenvalue weighted by atomic mass is 35.5. The van der Waals surface area contributed by atoms with E-state index >= 15 is 0 Å². The number of aliphatic hydroxyl groups is 1. The summed E-state index contributed by atoms with van der Waals surface area (Å²) in [5, 5.41) is 13.7. The molecule has 2 N–H and O–H groups in total. The van der Waals surface area contributed by atoms with E-state index in [-0.39, 0.29) is 6.10 Å². The molecule has 1 aromatic carbocycles. The Balaban J connectivity index is 2.22. The lowest BCUT2D eigenvalue weighted by Gasteiger charge is -2.37. The molecule has 2 unspecified atom stereocenters. The summed E-state index contributed by atoms with van der Waals surface area (Å²) in [4.78, 5) is 2.35. The number of aliphatic hydroxyl groups excluding tert-OH is 1. The lowest BCUT2D eigenvalue weighted by atomic mass is 9.95. The first-order valence-electron chi connectivity index (χ1n) is 6.48. The maximum atomic E-state index is 9.80. The van der Waals surface area contributed by atoms with Crippen molar-refractivity contribution in [3.63, 3.8) is 0 Å². The lowest BCUT2D eigenvalue weighted by molar-refractivity contribution is 0.0970. The van der Waals surface area contributed by atoms with Crippen molar-refractivity contribution in [2.24, 2.45) is 5.92 Å². The minimum Gasteiger partial charge on any atom is -0.393 e. The van der Waals surface area contributed by atoms with E-state index in [1.807, 2.05) is 19.2 Å². The average molecular weight is 269 g/mol. The van der Waals surface area contributed by atoms with Gasteiger partial charge in [0.1, 0.15) is 0 Å². The van der Waals surface area contributed by atoms with Crippen molar-refractivity contribution >= 4 is 17.3 Å². The molecule has 1 heterocycles. The molecule has 0 radical (unpaired) electrons. The second-order valence-electron chi connectivity index (χ2n) is 5.08. The second-order valence-corrected chi connectivity index (χ2v) is 5.52. The van der Waals surface area contributed by atoms with E-state index in [2.05, 4.69) is 23.2 Å². The first kappa shape index (κ1) is 13.7. The number of anilines is 1.